The number of hydrogen-bond donors (Lipinski definition) is 0. The van der Waals surface area contributed by atoms with E-state index in [1.807, 2.05) is 0 Å². The predicted molar refractivity (Wildman–Crippen MR) is 78.5 cm³/mol. The van der Waals surface area contributed by atoms with E-state index in [1.54, 1.807) is 6.92 Å². The first-order chi connectivity index (χ1) is 9.49. The van der Waals surface area contributed by atoms with Crippen LogP contribution >= 0.6 is 0 Å². The van der Waals surface area contributed by atoms with E-state index in [4.69, 9.17) is 4.74 Å². The van der Waals surface area contributed by atoms with Crippen LogP contribution in [0.5, 0.6) is 0 Å². The minimum absolute atomic E-state index is 0.253. The summed E-state index contributed by atoms with van der Waals surface area (Å²) >= 11 is 0. The molecule has 0 aromatic rings. The third kappa shape index (κ3) is 2.86. The highest BCUT2D eigenvalue weighted by Crippen LogP contribution is 2.48. The summed E-state index contributed by atoms with van der Waals surface area (Å²) in [5, 5.41) is 0. The van der Waals surface area contributed by atoms with Gasteiger partial charge >= 0.3 is 0 Å². The molecule has 0 N–H and O–H groups in total. The van der Waals surface area contributed by atoms with Crippen molar-refractivity contribution in [2.45, 2.75) is 64.6 Å². The number of piperidine rings is 2. The SMILES string of the molecule is CC(=O)N1CC2CCC1CN2CC1(COC(C)C)CC1. The second kappa shape index (κ2) is 5.30. The monoisotopic (exact) mass is 280 g/mol. The minimum Gasteiger partial charge on any atom is -0.378 e. The lowest BCUT2D eigenvalue weighted by atomic mass is 9.89. The number of carbonyl (C=O) groups is 1. The van der Waals surface area contributed by atoms with E-state index in [0.717, 1.165) is 19.7 Å². The maximum atomic E-state index is 11.7. The van der Waals surface area contributed by atoms with Crippen LogP contribution in [0.25, 0.3) is 0 Å². The van der Waals surface area contributed by atoms with Crippen LogP contribution in [0.2, 0.25) is 0 Å². The van der Waals surface area contributed by atoms with Crippen LogP contribution in [-0.4, -0.2) is 60.1 Å². The van der Waals surface area contributed by atoms with E-state index >= 15 is 0 Å². The molecule has 2 bridgehead atoms. The van der Waals surface area contributed by atoms with Crippen LogP contribution in [0.4, 0.5) is 0 Å². The number of nitrogens with zero attached hydrogens (tertiary/aromatic N) is 2. The molecule has 2 atom stereocenters. The third-order valence-electron chi connectivity index (χ3n) is 5.27. The highest BCUT2D eigenvalue weighted by Gasteiger charge is 2.48. The Morgan fingerprint density at radius 1 is 1.25 bits per heavy atom. The largest absolute Gasteiger partial charge is 0.378 e. The summed E-state index contributed by atoms with van der Waals surface area (Å²) in [6.45, 7) is 10.0. The van der Waals surface area contributed by atoms with Crippen LogP contribution in [0.1, 0.15) is 46.5 Å². The van der Waals surface area contributed by atoms with E-state index in [2.05, 4.69) is 23.6 Å². The fraction of sp³-hybridized carbons (Fsp3) is 0.938. The summed E-state index contributed by atoms with van der Waals surface area (Å²) < 4.78 is 5.86. The number of hydrogen-bond acceptors (Lipinski definition) is 3. The molecule has 0 aromatic heterocycles. The lowest BCUT2D eigenvalue weighted by Crippen LogP contribution is -2.64. The van der Waals surface area contributed by atoms with Gasteiger partial charge in [-0.15, -0.1) is 0 Å². The maximum Gasteiger partial charge on any atom is 0.219 e. The molecule has 4 aliphatic rings. The Balaban J connectivity index is 1.56. The zero-order valence-electron chi connectivity index (χ0n) is 13.1. The minimum atomic E-state index is 0.253. The van der Waals surface area contributed by atoms with Gasteiger partial charge in [-0.1, -0.05) is 0 Å². The van der Waals surface area contributed by atoms with Crippen LogP contribution in [0.3, 0.4) is 0 Å². The van der Waals surface area contributed by atoms with Gasteiger partial charge in [0.25, 0.3) is 0 Å². The fourth-order valence-corrected chi connectivity index (χ4v) is 3.79. The molecule has 0 radical (unpaired) electrons. The van der Waals surface area contributed by atoms with Crippen molar-refractivity contribution in [1.29, 1.82) is 0 Å². The van der Waals surface area contributed by atoms with Gasteiger partial charge in [0, 0.05) is 44.1 Å². The molecule has 3 saturated heterocycles. The average Bonchev–Trinajstić information content (AvgIpc) is 3.17. The normalized spacial score (nSPS) is 31.9. The van der Waals surface area contributed by atoms with Gasteiger partial charge in [0.1, 0.15) is 0 Å². The molecule has 114 valence electrons. The Hall–Kier alpha value is -0.610. The van der Waals surface area contributed by atoms with Crippen LogP contribution < -0.4 is 0 Å². The number of amides is 1. The summed E-state index contributed by atoms with van der Waals surface area (Å²) in [6.07, 6.45) is 5.40. The lowest BCUT2D eigenvalue weighted by Gasteiger charge is -2.52. The van der Waals surface area contributed by atoms with E-state index < -0.39 is 0 Å². The van der Waals surface area contributed by atoms with E-state index in [0.29, 0.717) is 23.6 Å². The van der Waals surface area contributed by atoms with Crippen LogP contribution in [-0.2, 0) is 9.53 Å². The van der Waals surface area contributed by atoms with Gasteiger partial charge in [-0.2, -0.15) is 0 Å². The first-order valence-electron chi connectivity index (χ1n) is 8.12. The molecule has 3 heterocycles. The zero-order chi connectivity index (χ0) is 14.3. The van der Waals surface area contributed by atoms with Crippen molar-refractivity contribution < 1.29 is 9.53 Å². The molecule has 4 fully saturated rings. The standard InChI is InChI=1S/C16H28N2O2/c1-12(2)20-11-16(6-7-16)10-17-8-15-5-4-14(17)9-18(15)13(3)19/h12,14-15H,4-11H2,1-3H3. The van der Waals surface area contributed by atoms with Crippen LogP contribution in [0, 0.1) is 5.41 Å². The van der Waals surface area contributed by atoms with Crippen molar-refractivity contribution in [3.05, 3.63) is 0 Å². The molecule has 2 unspecified atom stereocenters. The molecule has 4 nitrogen and oxygen atoms in total. The topological polar surface area (TPSA) is 32.8 Å². The zero-order valence-corrected chi connectivity index (χ0v) is 13.1. The van der Waals surface area contributed by atoms with Gasteiger partial charge in [0.2, 0.25) is 5.91 Å². The number of ether oxygens (including phenoxy) is 1. The van der Waals surface area contributed by atoms with E-state index in [-0.39, 0.29) is 5.91 Å². The molecule has 1 amide bonds. The Bertz CT molecular complexity index is 379. The summed E-state index contributed by atoms with van der Waals surface area (Å²) in [6, 6.07) is 1.04. The summed E-state index contributed by atoms with van der Waals surface area (Å²) in [5.41, 5.74) is 0.419. The van der Waals surface area contributed by atoms with Gasteiger partial charge < -0.3 is 9.64 Å². The maximum absolute atomic E-state index is 11.7. The van der Waals surface area contributed by atoms with Gasteiger partial charge in [0.15, 0.2) is 0 Å². The van der Waals surface area contributed by atoms with Crippen molar-refractivity contribution in [2.75, 3.05) is 26.2 Å². The smallest absolute Gasteiger partial charge is 0.219 e. The second-order valence-electron chi connectivity index (χ2n) is 7.35. The van der Waals surface area contributed by atoms with E-state index in [1.165, 1.54) is 32.2 Å². The molecule has 0 aromatic carbocycles. The molecular weight excluding hydrogens is 252 g/mol. The van der Waals surface area contributed by atoms with Gasteiger partial charge in [-0.3, -0.25) is 9.69 Å². The third-order valence-corrected chi connectivity index (χ3v) is 5.27. The van der Waals surface area contributed by atoms with Gasteiger partial charge in [-0.25, -0.2) is 0 Å². The fourth-order valence-electron chi connectivity index (χ4n) is 3.79. The molecular formula is C16H28N2O2. The Morgan fingerprint density at radius 2 is 1.95 bits per heavy atom. The summed E-state index contributed by atoms with van der Waals surface area (Å²) in [4.78, 5) is 16.4. The Morgan fingerprint density at radius 3 is 2.45 bits per heavy atom. The molecule has 1 aliphatic carbocycles. The van der Waals surface area contributed by atoms with Crippen molar-refractivity contribution in [2.24, 2.45) is 5.41 Å². The molecule has 4 rings (SSSR count). The molecule has 1 saturated carbocycles. The molecule has 20 heavy (non-hydrogen) atoms. The number of carbonyl (C=O) groups excluding carboxylic acids is 1. The quantitative estimate of drug-likeness (QED) is 0.771. The Kier molecular flexibility index (Phi) is 3.80. The molecule has 4 heteroatoms. The highest BCUT2D eigenvalue weighted by atomic mass is 16.5. The van der Waals surface area contributed by atoms with Crippen molar-refractivity contribution in [3.63, 3.8) is 0 Å². The predicted octanol–water partition coefficient (Wildman–Crippen LogP) is 1.89. The van der Waals surface area contributed by atoms with Crippen LogP contribution in [0.15, 0.2) is 0 Å². The van der Waals surface area contributed by atoms with Crippen molar-refractivity contribution in [1.82, 2.24) is 9.80 Å². The second-order valence-corrected chi connectivity index (χ2v) is 7.35. The summed E-state index contributed by atoms with van der Waals surface area (Å²) in [5.74, 6) is 0.253. The van der Waals surface area contributed by atoms with Gasteiger partial charge in [0.05, 0.1) is 12.7 Å². The number of fused-ring (bicyclic) bond motifs is 3. The Labute approximate surface area is 122 Å². The first kappa shape index (κ1) is 14.3. The lowest BCUT2D eigenvalue weighted by molar-refractivity contribution is -0.140. The van der Waals surface area contributed by atoms with Crippen molar-refractivity contribution >= 4 is 5.91 Å². The number of rotatable bonds is 5. The first-order valence-corrected chi connectivity index (χ1v) is 8.12. The average molecular weight is 280 g/mol. The summed E-state index contributed by atoms with van der Waals surface area (Å²) in [7, 11) is 0. The van der Waals surface area contributed by atoms with E-state index in [9.17, 15) is 4.79 Å². The van der Waals surface area contributed by atoms with Gasteiger partial charge in [-0.05, 0) is 39.5 Å². The highest BCUT2D eigenvalue weighted by molar-refractivity contribution is 5.74. The molecule has 0 spiro atoms. The molecule has 3 aliphatic heterocycles. The number of piperazine rings is 1. The van der Waals surface area contributed by atoms with Crippen molar-refractivity contribution in [3.8, 4) is 0 Å².